The second-order valence-electron chi connectivity index (χ2n) is 9.64. The molecular formula is C27H36N8O5. The van der Waals surface area contributed by atoms with Gasteiger partial charge in [0.05, 0.1) is 11.0 Å². The van der Waals surface area contributed by atoms with Gasteiger partial charge in [-0.25, -0.2) is 0 Å². The molecular weight excluding hydrogens is 516 g/mol. The first-order valence-corrected chi connectivity index (χ1v) is 13.2. The number of hydrogen-bond acceptors (Lipinski definition) is 7. The van der Waals surface area contributed by atoms with Crippen LogP contribution >= 0.6 is 0 Å². The van der Waals surface area contributed by atoms with Gasteiger partial charge in [-0.2, -0.15) is 0 Å². The summed E-state index contributed by atoms with van der Waals surface area (Å²) in [6.45, 7) is 0.644. The molecule has 1 heterocycles. The minimum atomic E-state index is -0.964. The molecule has 0 bridgehead atoms. The average molecular weight is 553 g/mol. The van der Waals surface area contributed by atoms with Crippen LogP contribution in [-0.4, -0.2) is 64.7 Å². The Balaban J connectivity index is 1.71. The quantitative estimate of drug-likeness (QED) is 0.0841. The number of guanidine groups is 1. The van der Waals surface area contributed by atoms with Gasteiger partial charge in [0.15, 0.2) is 5.96 Å². The second kappa shape index (κ2) is 14.6. The van der Waals surface area contributed by atoms with Gasteiger partial charge in [0.2, 0.25) is 17.7 Å². The number of benzene rings is 2. The average Bonchev–Trinajstić information content (AvgIpc) is 2.94. The molecule has 2 aromatic carbocycles. The molecule has 1 aliphatic heterocycles. The van der Waals surface area contributed by atoms with Crippen LogP contribution in [0.5, 0.6) is 0 Å². The Morgan fingerprint density at radius 1 is 1.07 bits per heavy atom. The smallest absolute Gasteiger partial charge is 0.269 e. The van der Waals surface area contributed by atoms with Crippen molar-refractivity contribution in [2.75, 3.05) is 18.4 Å². The fourth-order valence-corrected chi connectivity index (χ4v) is 4.57. The van der Waals surface area contributed by atoms with Crippen molar-refractivity contribution in [1.82, 2.24) is 10.2 Å². The number of nitrogens with zero attached hydrogens (tertiary/aromatic N) is 3. The van der Waals surface area contributed by atoms with E-state index in [-0.39, 0.29) is 30.5 Å². The van der Waals surface area contributed by atoms with Gasteiger partial charge in [0.1, 0.15) is 12.1 Å². The van der Waals surface area contributed by atoms with Gasteiger partial charge in [0, 0.05) is 30.9 Å². The monoisotopic (exact) mass is 552 g/mol. The number of aliphatic imine (C=N–C) groups is 1. The third kappa shape index (κ3) is 8.76. The van der Waals surface area contributed by atoms with Crippen LogP contribution in [0.25, 0.3) is 0 Å². The molecule has 214 valence electrons. The normalized spacial score (nSPS) is 16.3. The number of non-ortho nitro benzene ring substituents is 1. The van der Waals surface area contributed by atoms with Crippen LogP contribution in [0.15, 0.2) is 59.6 Å². The summed E-state index contributed by atoms with van der Waals surface area (Å²) in [5.74, 6) is -1.37. The Bertz CT molecular complexity index is 1200. The predicted octanol–water partition coefficient (Wildman–Crippen LogP) is 1.02. The maximum atomic E-state index is 13.5. The number of anilines is 1. The van der Waals surface area contributed by atoms with Crippen molar-refractivity contribution in [2.24, 2.45) is 22.2 Å². The van der Waals surface area contributed by atoms with Crippen LogP contribution in [0.4, 0.5) is 11.4 Å². The molecule has 13 nitrogen and oxygen atoms in total. The zero-order chi connectivity index (χ0) is 29.1. The summed E-state index contributed by atoms with van der Waals surface area (Å²) in [5.41, 5.74) is 18.2. The fourth-order valence-electron chi connectivity index (χ4n) is 4.57. The SMILES string of the molecule is NC(N)=NCCC[C@H](NC(=O)[C@H]1CCCCN1C(=O)[C@H](N)Cc1ccccc1)C(=O)Nc1ccc([N+](=O)[O-])cc1. The number of hydrogen-bond donors (Lipinski definition) is 5. The number of nitrogens with two attached hydrogens (primary N) is 3. The molecule has 0 saturated carbocycles. The standard InChI is InChI=1S/C27H36N8O5/c28-21(17-18-7-2-1-3-8-18)26(38)34-16-5-4-10-23(34)25(37)33-22(9-6-15-31-27(29)30)24(36)32-19-11-13-20(14-12-19)35(39)40/h1-3,7-8,11-14,21-23H,4-6,9-10,15-17,28H2,(H,32,36)(H,33,37)(H4,29,30,31)/t21-,22+,23-/m1/s1. The summed E-state index contributed by atoms with van der Waals surface area (Å²) in [6, 6.07) is 12.2. The molecule has 0 spiro atoms. The van der Waals surface area contributed by atoms with Crippen molar-refractivity contribution in [1.29, 1.82) is 0 Å². The van der Waals surface area contributed by atoms with E-state index in [1.54, 1.807) is 0 Å². The van der Waals surface area contributed by atoms with E-state index in [1.165, 1.54) is 29.2 Å². The van der Waals surface area contributed by atoms with E-state index in [1.807, 2.05) is 30.3 Å². The first-order chi connectivity index (χ1) is 19.2. The summed E-state index contributed by atoms with van der Waals surface area (Å²) < 4.78 is 0. The molecule has 0 radical (unpaired) electrons. The summed E-state index contributed by atoms with van der Waals surface area (Å²) in [6.07, 6.45) is 2.90. The van der Waals surface area contributed by atoms with Crippen LogP contribution in [-0.2, 0) is 20.8 Å². The Morgan fingerprint density at radius 3 is 2.42 bits per heavy atom. The van der Waals surface area contributed by atoms with Crippen molar-refractivity contribution in [3.63, 3.8) is 0 Å². The lowest BCUT2D eigenvalue weighted by molar-refractivity contribution is -0.384. The van der Waals surface area contributed by atoms with Crippen LogP contribution in [0.1, 0.15) is 37.7 Å². The molecule has 0 unspecified atom stereocenters. The molecule has 1 fully saturated rings. The second-order valence-corrected chi connectivity index (χ2v) is 9.64. The molecule has 40 heavy (non-hydrogen) atoms. The van der Waals surface area contributed by atoms with Crippen molar-refractivity contribution in [2.45, 2.75) is 56.7 Å². The van der Waals surface area contributed by atoms with Crippen LogP contribution in [0, 0.1) is 10.1 Å². The van der Waals surface area contributed by atoms with Gasteiger partial charge < -0.3 is 32.7 Å². The molecule has 0 aliphatic carbocycles. The van der Waals surface area contributed by atoms with E-state index in [2.05, 4.69) is 15.6 Å². The number of carbonyl (C=O) groups excluding carboxylic acids is 3. The number of rotatable bonds is 12. The van der Waals surface area contributed by atoms with Crippen LogP contribution < -0.4 is 27.8 Å². The molecule has 0 aromatic heterocycles. The molecule has 2 aromatic rings. The van der Waals surface area contributed by atoms with Gasteiger partial charge >= 0.3 is 0 Å². The van der Waals surface area contributed by atoms with E-state index in [4.69, 9.17) is 17.2 Å². The van der Waals surface area contributed by atoms with E-state index < -0.39 is 34.9 Å². The predicted molar refractivity (Wildman–Crippen MR) is 151 cm³/mol. The number of carbonyl (C=O) groups is 3. The Morgan fingerprint density at radius 2 is 1.77 bits per heavy atom. The van der Waals surface area contributed by atoms with Gasteiger partial charge in [-0.3, -0.25) is 29.5 Å². The van der Waals surface area contributed by atoms with Crippen LogP contribution in [0.3, 0.4) is 0 Å². The maximum Gasteiger partial charge on any atom is 0.269 e. The summed E-state index contributed by atoms with van der Waals surface area (Å²) in [4.78, 5) is 55.7. The zero-order valence-corrected chi connectivity index (χ0v) is 22.2. The van der Waals surface area contributed by atoms with Gasteiger partial charge in [0.25, 0.3) is 5.69 Å². The van der Waals surface area contributed by atoms with Gasteiger partial charge in [-0.05, 0) is 56.2 Å². The molecule has 1 saturated heterocycles. The Hall–Kier alpha value is -4.52. The third-order valence-corrected chi connectivity index (χ3v) is 6.63. The summed E-state index contributed by atoms with van der Waals surface area (Å²) >= 11 is 0. The Labute approximate surface area is 232 Å². The minimum Gasteiger partial charge on any atom is -0.370 e. The van der Waals surface area contributed by atoms with E-state index >= 15 is 0 Å². The Kier molecular flexibility index (Phi) is 10.9. The number of nitro benzene ring substituents is 1. The number of nitro groups is 1. The first-order valence-electron chi connectivity index (χ1n) is 13.2. The highest BCUT2D eigenvalue weighted by Crippen LogP contribution is 2.20. The third-order valence-electron chi connectivity index (χ3n) is 6.63. The van der Waals surface area contributed by atoms with Crippen molar-refractivity contribution < 1.29 is 19.3 Å². The minimum absolute atomic E-state index is 0.0841. The maximum absolute atomic E-state index is 13.5. The van der Waals surface area contributed by atoms with Gasteiger partial charge in [-0.1, -0.05) is 30.3 Å². The lowest BCUT2D eigenvalue weighted by atomic mass is 9.98. The summed E-state index contributed by atoms with van der Waals surface area (Å²) in [5, 5.41) is 16.4. The highest BCUT2D eigenvalue weighted by atomic mass is 16.6. The number of likely N-dealkylation sites (tertiary alicyclic amines) is 1. The molecule has 8 N–H and O–H groups in total. The van der Waals surface area contributed by atoms with Crippen molar-refractivity contribution >= 4 is 35.1 Å². The molecule has 3 atom stereocenters. The van der Waals surface area contributed by atoms with Crippen molar-refractivity contribution in [3.05, 3.63) is 70.3 Å². The number of amides is 3. The topological polar surface area (TPSA) is 212 Å². The largest absolute Gasteiger partial charge is 0.370 e. The number of nitrogens with one attached hydrogen (secondary N) is 2. The zero-order valence-electron chi connectivity index (χ0n) is 22.2. The lowest BCUT2D eigenvalue weighted by Crippen LogP contribution is -2.58. The summed E-state index contributed by atoms with van der Waals surface area (Å²) in [7, 11) is 0. The molecule has 3 rings (SSSR count). The highest BCUT2D eigenvalue weighted by Gasteiger charge is 2.36. The molecule has 1 aliphatic rings. The van der Waals surface area contributed by atoms with Gasteiger partial charge in [-0.15, -0.1) is 0 Å². The number of piperidine rings is 1. The van der Waals surface area contributed by atoms with E-state index in [0.717, 1.165) is 18.4 Å². The van der Waals surface area contributed by atoms with Crippen molar-refractivity contribution in [3.8, 4) is 0 Å². The molecule has 3 amide bonds. The molecule has 13 heteroatoms. The highest BCUT2D eigenvalue weighted by molar-refractivity contribution is 5.98. The first kappa shape index (κ1) is 30.0. The van der Waals surface area contributed by atoms with E-state index in [0.29, 0.717) is 31.5 Å². The fraction of sp³-hybridized carbons (Fsp3) is 0.407. The van der Waals surface area contributed by atoms with Crippen LogP contribution in [0.2, 0.25) is 0 Å². The lowest BCUT2D eigenvalue weighted by Gasteiger charge is -2.37. The van der Waals surface area contributed by atoms with E-state index in [9.17, 15) is 24.5 Å².